The number of benzene rings is 3. The van der Waals surface area contributed by atoms with Crippen molar-refractivity contribution in [2.45, 2.75) is 25.0 Å². The number of carbonyl (C=O) groups is 1. The van der Waals surface area contributed by atoms with Gasteiger partial charge in [-0.15, -0.1) is 10.2 Å². The largest absolute Gasteiger partial charge is 0.497 e. The Labute approximate surface area is 198 Å². The number of nitrogens with one attached hydrogen (secondary N) is 1. The summed E-state index contributed by atoms with van der Waals surface area (Å²) in [7, 11) is 1.64. The maximum absolute atomic E-state index is 12.7. The predicted molar refractivity (Wildman–Crippen MR) is 133 cm³/mol. The Hall–Kier alpha value is -3.58. The molecular weight excluding hydrogens is 432 g/mol. The van der Waals surface area contributed by atoms with E-state index in [2.05, 4.69) is 27.6 Å². The minimum atomic E-state index is -0.0721. The highest BCUT2D eigenvalue weighted by Crippen LogP contribution is 2.26. The van der Waals surface area contributed by atoms with Crippen molar-refractivity contribution in [3.05, 3.63) is 90.0 Å². The lowest BCUT2D eigenvalue weighted by Crippen LogP contribution is -2.16. The molecule has 3 aromatic carbocycles. The van der Waals surface area contributed by atoms with Gasteiger partial charge in [0.2, 0.25) is 5.91 Å². The van der Waals surface area contributed by atoms with Crippen LogP contribution in [0, 0.1) is 0 Å². The lowest BCUT2D eigenvalue weighted by atomic mass is 10.0. The van der Waals surface area contributed by atoms with Crippen molar-refractivity contribution in [3.63, 3.8) is 0 Å². The normalized spacial score (nSPS) is 10.7. The minimum absolute atomic E-state index is 0.0721. The molecule has 0 aliphatic heterocycles. The molecule has 0 radical (unpaired) electrons. The number of thioether (sulfide) groups is 1. The van der Waals surface area contributed by atoms with Gasteiger partial charge in [0.05, 0.1) is 12.9 Å². The number of hydrogen-bond donors (Lipinski definition) is 1. The average Bonchev–Trinajstić information content (AvgIpc) is 3.27. The lowest BCUT2D eigenvalue weighted by Gasteiger charge is -2.11. The summed E-state index contributed by atoms with van der Waals surface area (Å²) in [6.45, 7) is 2.75. The fourth-order valence-electron chi connectivity index (χ4n) is 3.56. The van der Waals surface area contributed by atoms with Gasteiger partial charge in [0.1, 0.15) is 5.75 Å². The van der Waals surface area contributed by atoms with Gasteiger partial charge in [0, 0.05) is 17.8 Å². The zero-order valence-electron chi connectivity index (χ0n) is 18.7. The highest BCUT2D eigenvalue weighted by atomic mass is 32.2. The summed E-state index contributed by atoms with van der Waals surface area (Å²) >= 11 is 1.38. The fraction of sp³-hybridized carbons (Fsp3) is 0.192. The molecule has 0 bridgehead atoms. The van der Waals surface area contributed by atoms with Gasteiger partial charge >= 0.3 is 0 Å². The van der Waals surface area contributed by atoms with Gasteiger partial charge in [-0.05, 0) is 54.8 Å². The second-order valence-electron chi connectivity index (χ2n) is 7.44. The number of ether oxygens (including phenoxy) is 1. The summed E-state index contributed by atoms with van der Waals surface area (Å²) in [5.41, 5.74) is 4.08. The van der Waals surface area contributed by atoms with Crippen LogP contribution in [0.15, 0.2) is 84.0 Å². The van der Waals surface area contributed by atoms with Crippen LogP contribution in [0.1, 0.15) is 18.1 Å². The van der Waals surface area contributed by atoms with Crippen LogP contribution < -0.4 is 10.1 Å². The van der Waals surface area contributed by atoms with Crippen LogP contribution in [0.3, 0.4) is 0 Å². The highest BCUT2D eigenvalue weighted by molar-refractivity contribution is 7.99. The summed E-state index contributed by atoms with van der Waals surface area (Å²) < 4.78 is 7.25. The van der Waals surface area contributed by atoms with E-state index in [4.69, 9.17) is 4.74 Å². The number of carbonyl (C=O) groups excluding carboxylic acids is 1. The van der Waals surface area contributed by atoms with E-state index < -0.39 is 0 Å². The van der Waals surface area contributed by atoms with E-state index in [-0.39, 0.29) is 11.7 Å². The molecule has 1 aromatic heterocycles. The highest BCUT2D eigenvalue weighted by Gasteiger charge is 2.15. The third-order valence-electron chi connectivity index (χ3n) is 5.24. The molecule has 0 aliphatic carbocycles. The number of rotatable bonds is 9. The Morgan fingerprint density at radius 1 is 0.970 bits per heavy atom. The summed E-state index contributed by atoms with van der Waals surface area (Å²) in [5.74, 6) is 1.74. The first kappa shape index (κ1) is 22.6. The second kappa shape index (κ2) is 10.8. The lowest BCUT2D eigenvalue weighted by molar-refractivity contribution is -0.113. The molecule has 0 fully saturated rings. The summed E-state index contributed by atoms with van der Waals surface area (Å²) in [6, 6.07) is 25.9. The monoisotopic (exact) mass is 458 g/mol. The van der Waals surface area contributed by atoms with Crippen molar-refractivity contribution < 1.29 is 9.53 Å². The molecule has 168 valence electrons. The van der Waals surface area contributed by atoms with E-state index in [0.717, 1.165) is 40.0 Å². The van der Waals surface area contributed by atoms with Gasteiger partial charge in [-0.3, -0.25) is 4.79 Å². The summed E-state index contributed by atoms with van der Waals surface area (Å²) in [4.78, 5) is 12.7. The predicted octanol–water partition coefficient (Wildman–Crippen LogP) is 5.30. The van der Waals surface area contributed by atoms with Crippen molar-refractivity contribution in [2.75, 3.05) is 18.2 Å². The Kier molecular flexibility index (Phi) is 7.42. The van der Waals surface area contributed by atoms with Gasteiger partial charge in [-0.1, -0.05) is 60.3 Å². The maximum atomic E-state index is 12.7. The van der Waals surface area contributed by atoms with Crippen LogP contribution in [-0.4, -0.2) is 33.5 Å². The van der Waals surface area contributed by atoms with Crippen LogP contribution in [0.2, 0.25) is 0 Å². The van der Waals surface area contributed by atoms with Crippen molar-refractivity contribution in [2.24, 2.45) is 0 Å². The number of amides is 1. The fourth-order valence-corrected chi connectivity index (χ4v) is 4.37. The Bertz CT molecular complexity index is 1210. The van der Waals surface area contributed by atoms with Gasteiger partial charge in [0.15, 0.2) is 11.0 Å². The maximum Gasteiger partial charge on any atom is 0.234 e. The first-order valence-electron chi connectivity index (χ1n) is 10.8. The molecule has 7 heteroatoms. The minimum Gasteiger partial charge on any atom is -0.497 e. The van der Waals surface area contributed by atoms with E-state index >= 15 is 0 Å². The first-order valence-corrected chi connectivity index (χ1v) is 11.8. The van der Waals surface area contributed by atoms with E-state index in [9.17, 15) is 4.79 Å². The summed E-state index contributed by atoms with van der Waals surface area (Å²) in [5, 5.41) is 12.5. The first-order chi connectivity index (χ1) is 16.2. The van der Waals surface area contributed by atoms with Gasteiger partial charge in [-0.25, -0.2) is 0 Å². The molecular formula is C26H26N4O2S. The topological polar surface area (TPSA) is 69.0 Å². The third kappa shape index (κ3) is 5.62. The number of para-hydroxylation sites is 1. The number of nitrogens with zero attached hydrogens (tertiary/aromatic N) is 3. The van der Waals surface area contributed by atoms with Gasteiger partial charge < -0.3 is 14.6 Å². The van der Waals surface area contributed by atoms with E-state index in [1.807, 2.05) is 78.2 Å². The molecule has 6 nitrogen and oxygen atoms in total. The Balaban J connectivity index is 1.42. The van der Waals surface area contributed by atoms with Crippen molar-refractivity contribution >= 4 is 23.4 Å². The molecule has 0 spiro atoms. The molecule has 1 heterocycles. The molecule has 1 N–H and O–H groups in total. The number of hydrogen-bond acceptors (Lipinski definition) is 5. The Morgan fingerprint density at radius 3 is 2.42 bits per heavy atom. The van der Waals surface area contributed by atoms with Gasteiger partial charge in [0.25, 0.3) is 0 Å². The van der Waals surface area contributed by atoms with Crippen LogP contribution in [0.5, 0.6) is 5.75 Å². The van der Waals surface area contributed by atoms with Crippen molar-refractivity contribution in [1.82, 2.24) is 14.8 Å². The standard InChI is InChI=1S/C26H26N4O2S/c1-3-30-25(20-13-15-22(32-2)16-14-20)28-29-26(30)33-18-24(31)27-23-12-8-7-11-21(23)17-19-9-5-4-6-10-19/h4-16H,3,17-18H2,1-2H3,(H,27,31). The zero-order valence-corrected chi connectivity index (χ0v) is 19.5. The molecule has 4 rings (SSSR count). The van der Waals surface area contributed by atoms with Crippen LogP contribution in [0.4, 0.5) is 5.69 Å². The number of methoxy groups -OCH3 is 1. The quantitative estimate of drug-likeness (QED) is 0.345. The van der Waals surface area contributed by atoms with Crippen molar-refractivity contribution in [3.8, 4) is 17.1 Å². The molecule has 0 aliphatic rings. The number of aromatic nitrogens is 3. The summed E-state index contributed by atoms with van der Waals surface area (Å²) in [6.07, 6.45) is 0.764. The van der Waals surface area contributed by atoms with Crippen LogP contribution in [-0.2, 0) is 17.8 Å². The molecule has 33 heavy (non-hydrogen) atoms. The second-order valence-corrected chi connectivity index (χ2v) is 8.38. The zero-order chi connectivity index (χ0) is 23.0. The molecule has 0 saturated heterocycles. The third-order valence-corrected chi connectivity index (χ3v) is 6.21. The van der Waals surface area contributed by atoms with Crippen molar-refractivity contribution in [1.29, 1.82) is 0 Å². The smallest absolute Gasteiger partial charge is 0.234 e. The molecule has 4 aromatic rings. The van der Waals surface area contributed by atoms with E-state index in [1.165, 1.54) is 17.3 Å². The van der Waals surface area contributed by atoms with Crippen LogP contribution in [0.25, 0.3) is 11.4 Å². The van der Waals surface area contributed by atoms with E-state index in [1.54, 1.807) is 7.11 Å². The number of anilines is 1. The van der Waals surface area contributed by atoms with Gasteiger partial charge in [-0.2, -0.15) is 0 Å². The molecule has 1 amide bonds. The molecule has 0 atom stereocenters. The van der Waals surface area contributed by atoms with E-state index in [0.29, 0.717) is 6.54 Å². The average molecular weight is 459 g/mol. The Morgan fingerprint density at radius 2 is 1.70 bits per heavy atom. The SMILES string of the molecule is CCn1c(SCC(=O)Nc2ccccc2Cc2ccccc2)nnc1-c1ccc(OC)cc1. The molecule has 0 unspecified atom stereocenters. The molecule has 0 saturated carbocycles. The van der Waals surface area contributed by atoms with Crippen LogP contribution >= 0.6 is 11.8 Å².